The Balaban J connectivity index is 1.76. The minimum atomic E-state index is -2.42. The van der Waals surface area contributed by atoms with E-state index in [4.69, 9.17) is 32.5 Å². The summed E-state index contributed by atoms with van der Waals surface area (Å²) in [6.45, 7) is 26.1. The Kier molecular flexibility index (Phi) is 23.9. The van der Waals surface area contributed by atoms with Crippen molar-refractivity contribution in [2.45, 2.75) is 219 Å². The van der Waals surface area contributed by atoms with Crippen LogP contribution in [-0.2, 0) is 56.5 Å². The van der Waals surface area contributed by atoms with Crippen LogP contribution >= 0.6 is 0 Å². The average molecular weight is 1060 g/mol. The summed E-state index contributed by atoms with van der Waals surface area (Å²) in [5.74, 6) is -7.01. The van der Waals surface area contributed by atoms with Crippen molar-refractivity contribution < 1.29 is 61.6 Å². The molecule has 15 atom stereocenters. The quantitative estimate of drug-likeness (QED) is 0.125. The first kappa shape index (κ1) is 62.6. The fourth-order valence-corrected chi connectivity index (χ4v) is 13.6. The van der Waals surface area contributed by atoms with Crippen LogP contribution < -0.4 is 0 Å². The topological polar surface area (TPSA) is 173 Å². The molecule has 414 valence electrons. The number of carbonyl (C=O) groups excluding carboxylic acids is 5. The maximum absolute atomic E-state index is 14.7. The lowest BCUT2D eigenvalue weighted by atomic mass is 9.78. The van der Waals surface area contributed by atoms with Crippen molar-refractivity contribution in [3.63, 3.8) is 0 Å². The number of nitrogens with zero attached hydrogens (tertiary/aromatic N) is 1. The number of rotatable bonds is 10. The van der Waals surface area contributed by atoms with E-state index >= 15 is 0 Å². The van der Waals surface area contributed by atoms with Crippen molar-refractivity contribution in [3.8, 4) is 0 Å². The highest BCUT2D eigenvalue weighted by atomic mass is 28.4. The highest BCUT2D eigenvalue weighted by Gasteiger charge is 2.53. The van der Waals surface area contributed by atoms with Gasteiger partial charge in [-0.1, -0.05) is 71.1 Å². The van der Waals surface area contributed by atoms with Crippen molar-refractivity contribution in [1.29, 1.82) is 0 Å². The molecular formula is C57H95NO13Si2. The number of aliphatic hydroxyl groups is 1. The van der Waals surface area contributed by atoms with E-state index < -0.39 is 88.5 Å². The molecule has 1 unspecified atom stereocenters. The van der Waals surface area contributed by atoms with Gasteiger partial charge in [0.25, 0.3) is 11.7 Å². The Bertz CT molecular complexity index is 1990. The molecule has 0 aromatic heterocycles. The van der Waals surface area contributed by atoms with Crippen LogP contribution in [0.1, 0.15) is 126 Å². The van der Waals surface area contributed by atoms with E-state index in [1.165, 1.54) is 12.0 Å². The molecule has 0 radical (unpaired) electrons. The molecule has 2 bridgehead atoms. The van der Waals surface area contributed by atoms with Crippen LogP contribution in [0.2, 0.25) is 39.3 Å². The summed E-state index contributed by atoms with van der Waals surface area (Å²) in [6.07, 6.45) is 14.4. The van der Waals surface area contributed by atoms with Gasteiger partial charge in [-0.25, -0.2) is 4.79 Å². The number of allylic oxidation sites excluding steroid dienone is 6. The summed E-state index contributed by atoms with van der Waals surface area (Å²) >= 11 is 0. The first-order chi connectivity index (χ1) is 34.1. The fourth-order valence-electron chi connectivity index (χ4n) is 11.3. The molecule has 16 heteroatoms. The number of piperidine rings is 1. The fraction of sp³-hybridized carbons (Fsp3) is 0.772. The minimum absolute atomic E-state index is 0.00639. The third-order valence-electron chi connectivity index (χ3n) is 15.4. The van der Waals surface area contributed by atoms with Gasteiger partial charge in [-0.2, -0.15) is 0 Å². The predicted octanol–water partition coefficient (Wildman–Crippen LogP) is 9.90. The number of esters is 1. The molecule has 3 fully saturated rings. The summed E-state index contributed by atoms with van der Waals surface area (Å²) in [5, 5.41) is 12.1. The van der Waals surface area contributed by atoms with E-state index in [1.54, 1.807) is 28.1 Å². The van der Waals surface area contributed by atoms with Crippen LogP contribution in [-0.4, -0.2) is 138 Å². The zero-order valence-corrected chi connectivity index (χ0v) is 49.5. The summed E-state index contributed by atoms with van der Waals surface area (Å²) < 4.78 is 43.8. The second kappa shape index (κ2) is 27.9. The number of ketones is 3. The third kappa shape index (κ3) is 18.1. The zero-order valence-electron chi connectivity index (χ0n) is 47.5. The third-order valence-corrected chi connectivity index (χ3v) is 17.4. The maximum Gasteiger partial charge on any atom is 0.329 e. The van der Waals surface area contributed by atoms with Crippen molar-refractivity contribution in [1.82, 2.24) is 4.90 Å². The Morgan fingerprint density at radius 3 is 2.11 bits per heavy atom. The van der Waals surface area contributed by atoms with Crippen LogP contribution in [0.25, 0.3) is 0 Å². The normalized spacial score (nSPS) is 36.2. The average Bonchev–Trinajstić information content (AvgIpc) is 3.32. The Labute approximate surface area is 441 Å². The molecule has 4 rings (SSSR count). The van der Waals surface area contributed by atoms with Crippen molar-refractivity contribution in [3.05, 3.63) is 47.6 Å². The van der Waals surface area contributed by atoms with Gasteiger partial charge < -0.3 is 42.5 Å². The highest BCUT2D eigenvalue weighted by molar-refractivity contribution is 6.70. The number of methoxy groups -OCH3 is 3. The van der Waals surface area contributed by atoms with Crippen LogP contribution in [0.15, 0.2) is 47.6 Å². The molecule has 1 N–H and O–H groups in total. The van der Waals surface area contributed by atoms with E-state index in [2.05, 4.69) is 52.3 Å². The van der Waals surface area contributed by atoms with Gasteiger partial charge in [-0.05, 0) is 146 Å². The smallest absolute Gasteiger partial charge is 0.329 e. The van der Waals surface area contributed by atoms with E-state index in [0.29, 0.717) is 50.5 Å². The van der Waals surface area contributed by atoms with E-state index in [1.807, 2.05) is 58.1 Å². The number of ether oxygens (including phenoxy) is 5. The molecule has 0 aromatic carbocycles. The molecular weight excluding hydrogens is 963 g/mol. The van der Waals surface area contributed by atoms with Gasteiger partial charge in [-0.3, -0.25) is 19.2 Å². The van der Waals surface area contributed by atoms with Crippen LogP contribution in [0, 0.1) is 35.5 Å². The van der Waals surface area contributed by atoms with Gasteiger partial charge in [0.1, 0.15) is 18.2 Å². The monoisotopic (exact) mass is 1060 g/mol. The number of cyclic esters (lactones) is 1. The second-order valence-electron chi connectivity index (χ2n) is 24.0. The van der Waals surface area contributed by atoms with Crippen LogP contribution in [0.4, 0.5) is 0 Å². The molecule has 4 aliphatic rings. The second-order valence-corrected chi connectivity index (χ2v) is 32.9. The van der Waals surface area contributed by atoms with Gasteiger partial charge in [0.2, 0.25) is 5.79 Å². The maximum atomic E-state index is 14.7. The Morgan fingerprint density at radius 1 is 0.795 bits per heavy atom. The molecule has 0 spiro atoms. The first-order valence-corrected chi connectivity index (χ1v) is 34.1. The van der Waals surface area contributed by atoms with Gasteiger partial charge in [0, 0.05) is 58.5 Å². The van der Waals surface area contributed by atoms with Gasteiger partial charge in [0.15, 0.2) is 28.2 Å². The lowest BCUT2D eigenvalue weighted by molar-refractivity contribution is -0.265. The first-order valence-electron chi connectivity index (χ1n) is 27.3. The molecule has 3 aliphatic heterocycles. The van der Waals surface area contributed by atoms with Crippen molar-refractivity contribution in [2.24, 2.45) is 35.5 Å². The summed E-state index contributed by atoms with van der Waals surface area (Å²) in [6, 6.07) is -1.12. The van der Waals surface area contributed by atoms with Crippen LogP contribution in [0.3, 0.4) is 0 Å². The number of carbonyl (C=O) groups is 5. The zero-order chi connectivity index (χ0) is 54.6. The van der Waals surface area contributed by atoms with Gasteiger partial charge in [0.05, 0.1) is 30.5 Å². The predicted molar refractivity (Wildman–Crippen MR) is 290 cm³/mol. The molecule has 1 aliphatic carbocycles. The molecule has 0 aromatic rings. The molecule has 73 heavy (non-hydrogen) atoms. The van der Waals surface area contributed by atoms with E-state index in [9.17, 15) is 29.1 Å². The van der Waals surface area contributed by atoms with E-state index in [0.717, 1.165) is 24.8 Å². The molecule has 1 saturated carbocycles. The lowest BCUT2D eigenvalue weighted by Crippen LogP contribution is -2.61. The number of fused-ring (bicyclic) bond motifs is 3. The van der Waals surface area contributed by atoms with Crippen LogP contribution in [0.5, 0.6) is 0 Å². The summed E-state index contributed by atoms with van der Waals surface area (Å²) in [4.78, 5) is 73.6. The summed E-state index contributed by atoms with van der Waals surface area (Å²) in [5.41, 5.74) is 1.34. The largest absolute Gasteiger partial charge is 0.460 e. The highest BCUT2D eigenvalue weighted by Crippen LogP contribution is 2.39. The standard InChI is InChI=1S/C57H95NO13Si2/c1-36-22-18-17-19-23-37(2)48(65-8)34-44-27-25-42(7)57(64,69-44)54(61)55(62)58-29-21-20-24-45(58)56(63)68-49(39(4)32-43-26-28-47(50(33-43)66-9)70-72(11,12)13)35-46(59)38(3)31-41(6)52(71-73(14,15)16)53(67-10)51(60)40(5)30-36/h17-19,22-23,31,36,39-45,47-50,52-53,64H,20-21,24-30,32-35H2,1-16H3/b19-17?,22-18?,37-23?,38-31+/t36-,39-,40-,41?,42-,43+,44+,45+,47-,48+,49+,50-,52-,53+,57-/m1/s1. The Hall–Kier alpha value is -2.94. The number of Topliss-reactive ketones (excluding diaryl/α,β-unsaturated/α-hetero) is 3. The number of hydrogen-bond donors (Lipinski definition) is 1. The number of hydrogen-bond acceptors (Lipinski definition) is 13. The minimum Gasteiger partial charge on any atom is -0.460 e. The van der Waals surface area contributed by atoms with Gasteiger partial charge in [-0.15, -0.1) is 0 Å². The molecule has 1 amide bonds. The number of amides is 1. The summed E-state index contributed by atoms with van der Waals surface area (Å²) in [7, 11) is 0.733. The van der Waals surface area contributed by atoms with Crippen molar-refractivity contribution >= 4 is 45.9 Å². The molecule has 3 heterocycles. The molecule has 2 saturated heterocycles. The lowest BCUT2D eigenvalue weighted by Gasteiger charge is -2.42. The molecule has 14 nitrogen and oxygen atoms in total. The van der Waals surface area contributed by atoms with Gasteiger partial charge >= 0.3 is 5.97 Å². The Morgan fingerprint density at radius 2 is 1.48 bits per heavy atom. The van der Waals surface area contributed by atoms with E-state index in [-0.39, 0.29) is 66.8 Å². The van der Waals surface area contributed by atoms with Crippen molar-refractivity contribution in [2.75, 3.05) is 27.9 Å². The SMILES string of the molecule is CO[C@H]1C[C@@H]2CC[C@@H](C)[C@@](O)(O2)C(=O)C(=O)N2CCCC[C@H]2C(=O)O[C@H]([C@H](C)C[C@@H]2CC[C@@H](O[Si](C)(C)C)[C@H](OC)C2)CC(=O)/C(C)=C/C(C)[C@@H](O[Si](C)(C)C)[C@@H](OC)C(=O)[C@H](C)C[C@H](C)C=CC=CC=C1C.